The van der Waals surface area contributed by atoms with Gasteiger partial charge in [-0.2, -0.15) is 0 Å². The molecule has 0 unspecified atom stereocenters. The van der Waals surface area contributed by atoms with Crippen LogP contribution in [0.15, 0.2) is 22.7 Å². The number of aromatic nitrogens is 1. The number of nitrogens with zero attached hydrogens (tertiary/aromatic N) is 1. The first-order valence-electron chi connectivity index (χ1n) is 6.08. The van der Waals surface area contributed by atoms with Gasteiger partial charge in [0.1, 0.15) is 17.1 Å². The van der Waals surface area contributed by atoms with Crippen LogP contribution in [0.4, 0.5) is 4.39 Å². The van der Waals surface area contributed by atoms with E-state index >= 15 is 0 Å². The molecule has 0 fully saturated rings. The van der Waals surface area contributed by atoms with Crippen LogP contribution in [0, 0.1) is 11.7 Å². The Labute approximate surface area is 120 Å². The summed E-state index contributed by atoms with van der Waals surface area (Å²) >= 11 is 5.94. The van der Waals surface area contributed by atoms with Gasteiger partial charge in [-0.15, -0.1) is 0 Å². The van der Waals surface area contributed by atoms with Gasteiger partial charge in [0.05, 0.1) is 10.6 Å². The SMILES string of the molecule is CC(C)Cc1onc(-c2c(F)cccc2Cl)c1C(=O)O. The normalized spacial score (nSPS) is 11.1. The monoisotopic (exact) mass is 297 g/mol. The third-order valence-electron chi connectivity index (χ3n) is 2.77. The average Bonchev–Trinajstić information content (AvgIpc) is 2.71. The molecule has 1 N–H and O–H groups in total. The molecule has 20 heavy (non-hydrogen) atoms. The fourth-order valence-electron chi connectivity index (χ4n) is 1.95. The summed E-state index contributed by atoms with van der Waals surface area (Å²) < 4.78 is 19.0. The predicted molar refractivity (Wildman–Crippen MR) is 72.4 cm³/mol. The fourth-order valence-corrected chi connectivity index (χ4v) is 2.20. The first-order chi connectivity index (χ1) is 9.41. The number of rotatable bonds is 4. The van der Waals surface area contributed by atoms with Crippen molar-refractivity contribution in [2.24, 2.45) is 5.92 Å². The molecule has 2 aromatic rings. The standard InChI is InChI=1S/C14H13ClFNO3/c1-7(2)6-10-12(14(18)19)13(17-20-10)11-8(15)4-3-5-9(11)16/h3-5,7H,6H2,1-2H3,(H,18,19). The molecule has 1 heterocycles. The molecular weight excluding hydrogens is 285 g/mol. The Hall–Kier alpha value is -1.88. The maximum Gasteiger partial charge on any atom is 0.341 e. The van der Waals surface area contributed by atoms with Gasteiger partial charge in [-0.1, -0.05) is 36.7 Å². The van der Waals surface area contributed by atoms with Crippen LogP contribution in [0.25, 0.3) is 11.3 Å². The summed E-state index contributed by atoms with van der Waals surface area (Å²) in [5.74, 6) is -1.44. The zero-order chi connectivity index (χ0) is 14.9. The van der Waals surface area contributed by atoms with E-state index in [1.807, 2.05) is 13.8 Å². The van der Waals surface area contributed by atoms with Crippen LogP contribution < -0.4 is 0 Å². The van der Waals surface area contributed by atoms with E-state index in [1.165, 1.54) is 18.2 Å². The number of hydrogen-bond donors (Lipinski definition) is 1. The zero-order valence-electron chi connectivity index (χ0n) is 11.0. The van der Waals surface area contributed by atoms with Crippen LogP contribution in [0.3, 0.4) is 0 Å². The third-order valence-corrected chi connectivity index (χ3v) is 3.08. The summed E-state index contributed by atoms with van der Waals surface area (Å²) in [6.45, 7) is 3.84. The second kappa shape index (κ2) is 5.63. The number of hydrogen-bond acceptors (Lipinski definition) is 3. The molecule has 0 aliphatic rings. The van der Waals surface area contributed by atoms with Gasteiger partial charge in [0.15, 0.2) is 5.76 Å². The largest absolute Gasteiger partial charge is 0.477 e. The first kappa shape index (κ1) is 14.5. The van der Waals surface area contributed by atoms with Gasteiger partial charge in [0, 0.05) is 6.42 Å². The van der Waals surface area contributed by atoms with Gasteiger partial charge >= 0.3 is 5.97 Å². The van der Waals surface area contributed by atoms with E-state index in [1.54, 1.807) is 0 Å². The molecule has 1 aromatic heterocycles. The highest BCUT2D eigenvalue weighted by Gasteiger charge is 2.27. The molecule has 0 atom stereocenters. The van der Waals surface area contributed by atoms with Crippen molar-refractivity contribution in [1.29, 1.82) is 0 Å². The van der Waals surface area contributed by atoms with Crippen LogP contribution in [-0.2, 0) is 6.42 Å². The second-order valence-electron chi connectivity index (χ2n) is 4.83. The Kier molecular flexibility index (Phi) is 4.09. The molecule has 106 valence electrons. The number of aromatic carboxylic acids is 1. The van der Waals surface area contributed by atoms with Crippen LogP contribution in [0.1, 0.15) is 30.0 Å². The predicted octanol–water partition coefficient (Wildman–Crippen LogP) is 4.03. The molecule has 0 aliphatic heterocycles. The second-order valence-corrected chi connectivity index (χ2v) is 5.24. The fraction of sp³-hybridized carbons (Fsp3) is 0.286. The lowest BCUT2D eigenvalue weighted by atomic mass is 10.0. The lowest BCUT2D eigenvalue weighted by Gasteiger charge is -2.04. The molecule has 2 rings (SSSR count). The van der Waals surface area contributed by atoms with E-state index in [0.717, 1.165) is 0 Å². The molecule has 0 spiro atoms. The third kappa shape index (κ3) is 2.67. The maximum atomic E-state index is 13.9. The Morgan fingerprint density at radius 1 is 1.50 bits per heavy atom. The van der Waals surface area contributed by atoms with Gasteiger partial charge in [0.2, 0.25) is 0 Å². The van der Waals surface area contributed by atoms with E-state index in [9.17, 15) is 14.3 Å². The number of carboxylic acids is 1. The molecule has 1 aromatic carbocycles. The lowest BCUT2D eigenvalue weighted by Crippen LogP contribution is -2.04. The van der Waals surface area contributed by atoms with Crippen molar-refractivity contribution in [1.82, 2.24) is 5.16 Å². The number of benzene rings is 1. The molecule has 0 aliphatic carbocycles. The van der Waals surface area contributed by atoms with Crippen LogP contribution in [0.2, 0.25) is 5.02 Å². The Bertz CT molecular complexity index is 632. The van der Waals surface area contributed by atoms with Crippen molar-refractivity contribution in [3.8, 4) is 11.3 Å². The summed E-state index contributed by atoms with van der Waals surface area (Å²) in [6.07, 6.45) is 0.403. The van der Waals surface area contributed by atoms with Gasteiger partial charge in [0.25, 0.3) is 0 Å². The van der Waals surface area contributed by atoms with Crippen LogP contribution in [0.5, 0.6) is 0 Å². The topological polar surface area (TPSA) is 63.3 Å². The Balaban J connectivity index is 2.63. The highest BCUT2D eigenvalue weighted by molar-refractivity contribution is 6.33. The minimum atomic E-state index is -1.21. The van der Waals surface area contributed by atoms with Crippen molar-refractivity contribution >= 4 is 17.6 Å². The highest BCUT2D eigenvalue weighted by Crippen LogP contribution is 2.34. The molecule has 4 nitrogen and oxygen atoms in total. The minimum Gasteiger partial charge on any atom is -0.477 e. The van der Waals surface area contributed by atoms with Crippen molar-refractivity contribution in [2.45, 2.75) is 20.3 Å². The van der Waals surface area contributed by atoms with Crippen LogP contribution >= 0.6 is 11.6 Å². The number of halogens is 2. The summed E-state index contributed by atoms with van der Waals surface area (Å²) in [5.41, 5.74) is -0.257. The van der Waals surface area contributed by atoms with E-state index in [4.69, 9.17) is 16.1 Å². The minimum absolute atomic E-state index is 0.0506. The average molecular weight is 298 g/mol. The number of carboxylic acid groups (broad SMARTS) is 1. The van der Waals surface area contributed by atoms with Crippen molar-refractivity contribution in [2.75, 3.05) is 0 Å². The van der Waals surface area contributed by atoms with Crippen LogP contribution in [-0.4, -0.2) is 16.2 Å². The highest BCUT2D eigenvalue weighted by atomic mass is 35.5. The number of carbonyl (C=O) groups is 1. The maximum absolute atomic E-state index is 13.9. The van der Waals surface area contributed by atoms with Crippen molar-refractivity contribution in [3.05, 3.63) is 40.4 Å². The first-order valence-corrected chi connectivity index (χ1v) is 6.45. The smallest absolute Gasteiger partial charge is 0.341 e. The van der Waals surface area contributed by atoms with Gasteiger partial charge in [-0.25, -0.2) is 9.18 Å². The summed E-state index contributed by atoms with van der Waals surface area (Å²) in [7, 11) is 0. The summed E-state index contributed by atoms with van der Waals surface area (Å²) in [4.78, 5) is 11.4. The van der Waals surface area contributed by atoms with Crippen molar-refractivity contribution < 1.29 is 18.8 Å². The van der Waals surface area contributed by atoms with E-state index < -0.39 is 11.8 Å². The molecule has 0 saturated heterocycles. The molecule has 0 radical (unpaired) electrons. The van der Waals surface area contributed by atoms with E-state index in [-0.39, 0.29) is 33.5 Å². The Morgan fingerprint density at radius 3 is 2.75 bits per heavy atom. The summed E-state index contributed by atoms with van der Waals surface area (Å²) in [5, 5.41) is 13.1. The Morgan fingerprint density at radius 2 is 2.20 bits per heavy atom. The van der Waals surface area contributed by atoms with Crippen molar-refractivity contribution in [3.63, 3.8) is 0 Å². The molecule has 0 amide bonds. The lowest BCUT2D eigenvalue weighted by molar-refractivity contribution is 0.0695. The van der Waals surface area contributed by atoms with Gasteiger partial charge < -0.3 is 9.63 Å². The quantitative estimate of drug-likeness (QED) is 0.925. The summed E-state index contributed by atoms with van der Waals surface area (Å²) in [6, 6.07) is 4.11. The van der Waals surface area contributed by atoms with E-state index in [0.29, 0.717) is 6.42 Å². The van der Waals surface area contributed by atoms with E-state index in [2.05, 4.69) is 5.16 Å². The molecule has 0 bridgehead atoms. The molecular formula is C14H13ClFNO3. The zero-order valence-corrected chi connectivity index (χ0v) is 11.7. The molecule has 6 heteroatoms. The van der Waals surface area contributed by atoms with Gasteiger partial charge in [-0.05, 0) is 18.1 Å². The van der Waals surface area contributed by atoms with Gasteiger partial charge in [-0.3, -0.25) is 0 Å². The molecule has 0 saturated carbocycles.